The van der Waals surface area contributed by atoms with Crippen molar-refractivity contribution in [3.05, 3.63) is 52.8 Å². The average Bonchev–Trinajstić information content (AvgIpc) is 2.54. The summed E-state index contributed by atoms with van der Waals surface area (Å²) in [6, 6.07) is 9.22. The quantitative estimate of drug-likeness (QED) is 0.755. The Bertz CT molecular complexity index is 699. The number of anilines is 1. The Balaban J connectivity index is 2.23. The second-order valence-electron chi connectivity index (χ2n) is 6.14. The molecular formula is C18H24N4O2. The van der Waals surface area contributed by atoms with E-state index in [1.54, 1.807) is 6.07 Å². The van der Waals surface area contributed by atoms with Gasteiger partial charge in [0, 0.05) is 12.3 Å². The van der Waals surface area contributed by atoms with Gasteiger partial charge in [-0.05, 0) is 30.9 Å². The molecule has 6 nitrogen and oxygen atoms in total. The first-order chi connectivity index (χ1) is 11.4. The van der Waals surface area contributed by atoms with Crippen LogP contribution in [0.15, 0.2) is 30.3 Å². The summed E-state index contributed by atoms with van der Waals surface area (Å²) in [7, 11) is 0. The zero-order valence-corrected chi connectivity index (χ0v) is 14.3. The van der Waals surface area contributed by atoms with Crippen molar-refractivity contribution in [3.8, 4) is 0 Å². The van der Waals surface area contributed by atoms with Crippen LogP contribution in [0, 0.1) is 6.92 Å². The number of nitrogens with one attached hydrogen (secondary N) is 1. The lowest BCUT2D eigenvalue weighted by Gasteiger charge is -2.19. The first-order valence-electron chi connectivity index (χ1n) is 8.03. The highest BCUT2D eigenvalue weighted by Gasteiger charge is 2.18. The molecule has 24 heavy (non-hydrogen) atoms. The van der Waals surface area contributed by atoms with E-state index in [1.807, 2.05) is 45.0 Å². The second-order valence-corrected chi connectivity index (χ2v) is 6.14. The first kappa shape index (κ1) is 17.9. The van der Waals surface area contributed by atoms with E-state index in [-0.39, 0.29) is 36.1 Å². The van der Waals surface area contributed by atoms with Gasteiger partial charge in [-0.25, -0.2) is 9.97 Å². The molecule has 6 heteroatoms. The summed E-state index contributed by atoms with van der Waals surface area (Å²) in [6.45, 7) is 5.93. The SMILES string of the molecule is Cc1ccc([C@@H](CCO)NC(=O)c2cc(C(C)C)nc(N)n2)cc1. The van der Waals surface area contributed by atoms with Crippen molar-refractivity contribution in [2.75, 3.05) is 12.3 Å². The van der Waals surface area contributed by atoms with E-state index in [4.69, 9.17) is 5.73 Å². The van der Waals surface area contributed by atoms with Crippen molar-refractivity contribution in [2.45, 2.75) is 39.2 Å². The van der Waals surface area contributed by atoms with Crippen molar-refractivity contribution in [1.29, 1.82) is 0 Å². The fourth-order valence-corrected chi connectivity index (χ4v) is 2.38. The third kappa shape index (κ3) is 4.52. The molecule has 0 fully saturated rings. The number of aryl methyl sites for hydroxylation is 1. The number of nitrogens with zero attached hydrogens (tertiary/aromatic N) is 2. The van der Waals surface area contributed by atoms with Crippen LogP contribution in [-0.2, 0) is 0 Å². The minimum Gasteiger partial charge on any atom is -0.396 e. The van der Waals surface area contributed by atoms with E-state index in [9.17, 15) is 9.90 Å². The van der Waals surface area contributed by atoms with Gasteiger partial charge in [-0.1, -0.05) is 43.7 Å². The van der Waals surface area contributed by atoms with Gasteiger partial charge in [-0.15, -0.1) is 0 Å². The molecule has 1 aromatic carbocycles. The molecule has 1 heterocycles. The standard InChI is InChI=1S/C18H24N4O2/c1-11(2)15-10-16(22-18(19)21-15)17(24)20-14(8-9-23)13-6-4-12(3)5-7-13/h4-7,10-11,14,23H,8-9H2,1-3H3,(H,20,24)(H2,19,21,22)/t14-/m1/s1. The van der Waals surface area contributed by atoms with E-state index in [0.29, 0.717) is 6.42 Å². The number of nitrogen functional groups attached to an aromatic ring is 1. The Morgan fingerprint density at radius 2 is 1.92 bits per heavy atom. The Hall–Kier alpha value is -2.47. The molecule has 0 aliphatic heterocycles. The molecule has 1 aromatic heterocycles. The molecule has 2 aromatic rings. The molecule has 0 aliphatic carbocycles. The van der Waals surface area contributed by atoms with Gasteiger partial charge in [0.25, 0.3) is 5.91 Å². The number of hydrogen-bond donors (Lipinski definition) is 3. The third-order valence-electron chi connectivity index (χ3n) is 3.79. The molecule has 0 saturated carbocycles. The number of amides is 1. The third-order valence-corrected chi connectivity index (χ3v) is 3.79. The maximum atomic E-state index is 12.6. The van der Waals surface area contributed by atoms with Crippen molar-refractivity contribution < 1.29 is 9.90 Å². The Kier molecular flexibility index (Phi) is 5.87. The fourth-order valence-electron chi connectivity index (χ4n) is 2.38. The molecule has 0 spiro atoms. The average molecular weight is 328 g/mol. The van der Waals surface area contributed by atoms with Crippen molar-refractivity contribution >= 4 is 11.9 Å². The van der Waals surface area contributed by atoms with E-state index in [1.165, 1.54) is 0 Å². The number of nitrogens with two attached hydrogens (primary N) is 1. The van der Waals surface area contributed by atoms with Crippen molar-refractivity contribution in [3.63, 3.8) is 0 Å². The van der Waals surface area contributed by atoms with Gasteiger partial charge in [0.15, 0.2) is 0 Å². The molecule has 0 unspecified atom stereocenters. The predicted octanol–water partition coefficient (Wildman–Crippen LogP) is 2.34. The summed E-state index contributed by atoms with van der Waals surface area (Å²) >= 11 is 0. The van der Waals surface area contributed by atoms with Gasteiger partial charge < -0.3 is 16.2 Å². The smallest absolute Gasteiger partial charge is 0.270 e. The first-order valence-corrected chi connectivity index (χ1v) is 8.03. The van der Waals surface area contributed by atoms with Gasteiger partial charge in [-0.2, -0.15) is 0 Å². The molecule has 1 atom stereocenters. The Morgan fingerprint density at radius 3 is 2.50 bits per heavy atom. The van der Waals surface area contributed by atoms with Crippen molar-refractivity contribution in [2.24, 2.45) is 0 Å². The van der Waals surface area contributed by atoms with Crippen LogP contribution in [0.5, 0.6) is 0 Å². The minimum absolute atomic E-state index is 0.0258. The minimum atomic E-state index is -0.329. The molecule has 0 bridgehead atoms. The zero-order chi connectivity index (χ0) is 17.7. The van der Waals surface area contributed by atoms with Crippen LogP contribution in [0.4, 0.5) is 5.95 Å². The predicted molar refractivity (Wildman–Crippen MR) is 93.6 cm³/mol. The molecule has 2 rings (SSSR count). The van der Waals surface area contributed by atoms with Gasteiger partial charge in [-0.3, -0.25) is 4.79 Å². The lowest BCUT2D eigenvalue weighted by molar-refractivity contribution is 0.0924. The maximum Gasteiger partial charge on any atom is 0.270 e. The summed E-state index contributed by atoms with van der Waals surface area (Å²) in [5.74, 6) is -0.0994. The highest BCUT2D eigenvalue weighted by atomic mass is 16.3. The Labute approximate surface area is 142 Å². The van der Waals surface area contributed by atoms with Crippen LogP contribution in [0.1, 0.15) is 59.5 Å². The summed E-state index contributed by atoms with van der Waals surface area (Å²) < 4.78 is 0. The van der Waals surface area contributed by atoms with Crippen molar-refractivity contribution in [1.82, 2.24) is 15.3 Å². The van der Waals surface area contributed by atoms with E-state index in [0.717, 1.165) is 16.8 Å². The molecule has 0 saturated heterocycles. The number of benzene rings is 1. The topological polar surface area (TPSA) is 101 Å². The summed E-state index contributed by atoms with van der Waals surface area (Å²) in [4.78, 5) is 20.7. The normalized spacial score (nSPS) is 12.2. The lowest BCUT2D eigenvalue weighted by Crippen LogP contribution is -2.30. The van der Waals surface area contributed by atoms with Crippen LogP contribution in [0.2, 0.25) is 0 Å². The number of rotatable bonds is 6. The maximum absolute atomic E-state index is 12.6. The van der Waals surface area contributed by atoms with Gasteiger partial charge in [0.1, 0.15) is 5.69 Å². The van der Waals surface area contributed by atoms with E-state index >= 15 is 0 Å². The second kappa shape index (κ2) is 7.88. The monoisotopic (exact) mass is 328 g/mol. The molecule has 0 radical (unpaired) electrons. The number of carbonyl (C=O) groups excluding carboxylic acids is 1. The Morgan fingerprint density at radius 1 is 1.25 bits per heavy atom. The molecular weight excluding hydrogens is 304 g/mol. The van der Waals surface area contributed by atoms with Crippen LogP contribution in [0.3, 0.4) is 0 Å². The van der Waals surface area contributed by atoms with Crippen LogP contribution in [0.25, 0.3) is 0 Å². The summed E-state index contributed by atoms with van der Waals surface area (Å²) in [5, 5.41) is 12.2. The molecule has 1 amide bonds. The number of carbonyl (C=O) groups is 1. The lowest BCUT2D eigenvalue weighted by atomic mass is 10.0. The van der Waals surface area contributed by atoms with Gasteiger partial charge >= 0.3 is 0 Å². The zero-order valence-electron chi connectivity index (χ0n) is 14.3. The molecule has 128 valence electrons. The highest BCUT2D eigenvalue weighted by Crippen LogP contribution is 2.19. The highest BCUT2D eigenvalue weighted by molar-refractivity contribution is 5.92. The number of aromatic nitrogens is 2. The van der Waals surface area contributed by atoms with Gasteiger partial charge in [0.05, 0.1) is 6.04 Å². The van der Waals surface area contributed by atoms with E-state index in [2.05, 4.69) is 15.3 Å². The summed E-state index contributed by atoms with van der Waals surface area (Å²) in [5.41, 5.74) is 8.75. The van der Waals surface area contributed by atoms with Crippen LogP contribution >= 0.6 is 0 Å². The molecule has 4 N–H and O–H groups in total. The van der Waals surface area contributed by atoms with Crippen LogP contribution in [-0.4, -0.2) is 27.6 Å². The number of aliphatic hydroxyl groups excluding tert-OH is 1. The largest absolute Gasteiger partial charge is 0.396 e. The fraction of sp³-hybridized carbons (Fsp3) is 0.389. The number of aliphatic hydroxyl groups is 1. The molecule has 0 aliphatic rings. The van der Waals surface area contributed by atoms with Gasteiger partial charge in [0.2, 0.25) is 5.95 Å². The van der Waals surface area contributed by atoms with E-state index < -0.39 is 0 Å². The summed E-state index contributed by atoms with van der Waals surface area (Å²) in [6.07, 6.45) is 0.423. The van der Waals surface area contributed by atoms with Crippen LogP contribution < -0.4 is 11.1 Å². The number of hydrogen-bond acceptors (Lipinski definition) is 5.